The second kappa shape index (κ2) is 30.0. The fourth-order valence-corrected chi connectivity index (χ4v) is 10.6. The molecule has 0 spiro atoms. The van der Waals surface area contributed by atoms with Gasteiger partial charge in [0.05, 0.1) is 70.1 Å². The number of carbonyl (C=O) groups is 4. The standard InChI is InChI=1S/C37H48N6O5S2.C23H23ClFNO5/c1-24(2)33(42-36(46)43(5)20-29-22-49-35(40-29)25(3)4)34(45)39-28(16-26-12-8-6-9-13-26)18-32(44)31(17-27-14-10-7-11-15-27)41-37(47)48-21-30-19-38-23-50-30;1-12(2)19(11-27)26-10-16(23(29)30)22(28)15-8-14(20(31-3)9-18(15)26)7-13-5-4-6-17(24)21(13)25/h6-15,19,22-25,28,31-33,44H,16-18,20-21H2,1-5H3,(H,39,45)(H,41,47)(H,42,46);4-6,8-10,12,19,27H,7,11H2,1-3H3,(H,29,30)/t28-,31-,32-,33-;19-/m01/s1. The number of halogens is 2. The van der Waals surface area contributed by atoms with Crippen molar-refractivity contribution in [1.29, 1.82) is 0 Å². The molecular formula is C60H71ClFN7O10S2. The number of thiazole rings is 2. The normalized spacial score (nSPS) is 13.2. The van der Waals surface area contributed by atoms with Gasteiger partial charge in [0.2, 0.25) is 11.3 Å². The summed E-state index contributed by atoms with van der Waals surface area (Å²) in [6, 6.07) is 24.1. The SMILES string of the molecule is CC(C)c1nc(CN(C)C(=O)N[C@H](C(=O)N[C@@H](Cc2ccccc2)C[C@H](O)[C@H](Cc2ccccc2)NC(=O)OCc2cncs2)C(C)C)cs1.COc1cc2c(cc1Cc1cccc(Cl)c1F)c(=O)c(C(=O)O)cn2[C@H](CO)C(C)C. The number of benzene rings is 4. The van der Waals surface area contributed by atoms with Crippen LogP contribution in [0.4, 0.5) is 14.0 Å². The number of rotatable bonds is 24. The number of aliphatic hydroxyl groups is 2. The summed E-state index contributed by atoms with van der Waals surface area (Å²) in [6.07, 6.45) is 2.18. The lowest BCUT2D eigenvalue weighted by Gasteiger charge is -2.30. The highest BCUT2D eigenvalue weighted by atomic mass is 35.5. The molecule has 4 amide bonds. The Morgan fingerprint density at radius 2 is 1.54 bits per heavy atom. The number of hydrogen-bond acceptors (Lipinski definition) is 13. The molecule has 81 heavy (non-hydrogen) atoms. The Morgan fingerprint density at radius 3 is 2.12 bits per heavy atom. The number of nitrogens with one attached hydrogen (secondary N) is 3. The predicted molar refractivity (Wildman–Crippen MR) is 314 cm³/mol. The average molecular weight is 1170 g/mol. The molecule has 17 nitrogen and oxygen atoms in total. The van der Waals surface area contributed by atoms with Crippen molar-refractivity contribution in [3.63, 3.8) is 0 Å². The second-order valence-electron chi connectivity index (χ2n) is 20.7. The van der Waals surface area contributed by atoms with Crippen molar-refractivity contribution >= 4 is 69.2 Å². The first-order valence-electron chi connectivity index (χ1n) is 26.5. The number of carboxylic acid groups (broad SMARTS) is 1. The molecule has 0 saturated carbocycles. The minimum atomic E-state index is -1.36. The first-order chi connectivity index (χ1) is 38.7. The maximum Gasteiger partial charge on any atom is 0.407 e. The van der Waals surface area contributed by atoms with E-state index in [4.69, 9.17) is 21.1 Å². The van der Waals surface area contributed by atoms with Crippen molar-refractivity contribution in [3.8, 4) is 5.75 Å². The van der Waals surface area contributed by atoms with E-state index in [2.05, 4.69) is 39.8 Å². The van der Waals surface area contributed by atoms with Gasteiger partial charge in [0.25, 0.3) is 0 Å². The molecule has 0 saturated heterocycles. The Hall–Kier alpha value is -7.23. The van der Waals surface area contributed by atoms with E-state index < -0.39 is 59.1 Å². The van der Waals surface area contributed by atoms with E-state index in [9.17, 15) is 43.7 Å². The van der Waals surface area contributed by atoms with Crippen molar-refractivity contribution in [2.75, 3.05) is 20.8 Å². The van der Waals surface area contributed by atoms with Gasteiger partial charge in [0.15, 0.2) is 0 Å². The molecule has 3 aromatic heterocycles. The summed E-state index contributed by atoms with van der Waals surface area (Å²) >= 11 is 8.83. The Bertz CT molecular complexity index is 3250. The minimum Gasteiger partial charge on any atom is -0.496 e. The lowest BCUT2D eigenvalue weighted by atomic mass is 9.93. The number of carbonyl (C=O) groups excluding carboxylic acids is 3. The minimum absolute atomic E-state index is 0.0181. The quantitative estimate of drug-likeness (QED) is 0.0332. The van der Waals surface area contributed by atoms with E-state index in [0.717, 1.165) is 26.7 Å². The molecular weight excluding hydrogens is 1100 g/mol. The number of urea groups is 1. The summed E-state index contributed by atoms with van der Waals surface area (Å²) in [4.78, 5) is 75.6. The topological polar surface area (TPSA) is 235 Å². The van der Waals surface area contributed by atoms with Crippen LogP contribution < -0.4 is 26.1 Å². The van der Waals surface area contributed by atoms with Crippen molar-refractivity contribution < 1.29 is 48.4 Å². The molecule has 3 heterocycles. The fourth-order valence-electron chi connectivity index (χ4n) is 9.07. The van der Waals surface area contributed by atoms with E-state index >= 15 is 0 Å². The number of nitrogens with zero attached hydrogens (tertiary/aromatic N) is 4. The summed E-state index contributed by atoms with van der Waals surface area (Å²) in [5, 5.41) is 43.1. The van der Waals surface area contributed by atoms with Crippen molar-refractivity contribution in [1.82, 2.24) is 35.4 Å². The van der Waals surface area contributed by atoms with E-state index in [0.29, 0.717) is 47.7 Å². The molecule has 4 aromatic carbocycles. The first kappa shape index (κ1) is 63.0. The van der Waals surface area contributed by atoms with E-state index in [1.54, 1.807) is 52.9 Å². The maximum absolute atomic E-state index is 14.4. The van der Waals surface area contributed by atoms with Crippen LogP contribution in [0, 0.1) is 17.7 Å². The largest absolute Gasteiger partial charge is 0.496 e. The van der Waals surface area contributed by atoms with E-state index in [1.807, 2.05) is 93.7 Å². The average Bonchev–Trinajstić information content (AvgIpc) is 4.15. The zero-order chi connectivity index (χ0) is 58.9. The third kappa shape index (κ3) is 17.6. The van der Waals surface area contributed by atoms with E-state index in [-0.39, 0.29) is 60.2 Å². The molecule has 0 unspecified atom stereocenters. The highest BCUT2D eigenvalue weighted by Crippen LogP contribution is 2.32. The highest BCUT2D eigenvalue weighted by molar-refractivity contribution is 7.09. The molecule has 21 heteroatoms. The van der Waals surface area contributed by atoms with Crippen molar-refractivity contribution in [2.45, 2.75) is 117 Å². The van der Waals surface area contributed by atoms with E-state index in [1.165, 1.54) is 41.7 Å². The number of methoxy groups -OCH3 is 1. The lowest BCUT2D eigenvalue weighted by molar-refractivity contribution is -0.124. The van der Waals surface area contributed by atoms with Crippen LogP contribution in [0.3, 0.4) is 0 Å². The van der Waals surface area contributed by atoms with Gasteiger partial charge in [-0.15, -0.1) is 22.7 Å². The smallest absolute Gasteiger partial charge is 0.407 e. The molecule has 432 valence electrons. The summed E-state index contributed by atoms with van der Waals surface area (Å²) in [6.45, 7) is 11.8. The van der Waals surface area contributed by atoms with Crippen LogP contribution in [0.15, 0.2) is 119 Å². The van der Waals surface area contributed by atoms with Crippen LogP contribution in [0.2, 0.25) is 5.02 Å². The number of alkyl carbamates (subject to hydrolysis) is 1. The van der Waals surface area contributed by atoms with Crippen LogP contribution in [0.5, 0.6) is 5.75 Å². The lowest BCUT2D eigenvalue weighted by Crippen LogP contribution is -2.55. The summed E-state index contributed by atoms with van der Waals surface area (Å²) in [7, 11) is 3.13. The van der Waals surface area contributed by atoms with Crippen molar-refractivity contribution in [3.05, 3.63) is 179 Å². The van der Waals surface area contributed by atoms with Gasteiger partial charge >= 0.3 is 18.1 Å². The number of aromatic carboxylic acids is 1. The molecule has 7 aromatic rings. The molecule has 0 bridgehead atoms. The molecule has 6 N–H and O–H groups in total. The van der Waals surface area contributed by atoms with Crippen LogP contribution in [-0.2, 0) is 41.9 Å². The van der Waals surface area contributed by atoms with Crippen molar-refractivity contribution in [2.24, 2.45) is 11.8 Å². The number of aliphatic hydroxyl groups excluding tert-OH is 2. The zero-order valence-electron chi connectivity index (χ0n) is 46.6. The van der Waals surface area contributed by atoms with Gasteiger partial charge in [-0.25, -0.2) is 23.8 Å². The van der Waals surface area contributed by atoms with Crippen LogP contribution >= 0.6 is 34.3 Å². The monoisotopic (exact) mass is 1170 g/mol. The number of carboxylic acids is 1. The van der Waals surface area contributed by atoms with Gasteiger partial charge in [-0.05, 0) is 65.5 Å². The molecule has 0 aliphatic rings. The molecule has 0 aliphatic carbocycles. The number of aromatic nitrogens is 3. The Balaban J connectivity index is 0.000000291. The molecule has 5 atom stereocenters. The third-order valence-electron chi connectivity index (χ3n) is 13.5. The number of amides is 4. The van der Waals surface area contributed by atoms with Gasteiger partial charge in [-0.1, -0.05) is 126 Å². The Morgan fingerprint density at radius 1 is 0.864 bits per heavy atom. The fraction of sp³-hybridized carbons (Fsp3) is 0.383. The summed E-state index contributed by atoms with van der Waals surface area (Å²) < 4.78 is 27.0. The number of fused-ring (bicyclic) bond motifs is 1. The molecule has 0 aliphatic heterocycles. The summed E-state index contributed by atoms with van der Waals surface area (Å²) in [5.41, 5.74) is 4.54. The molecule has 0 fully saturated rings. The second-order valence-corrected chi connectivity index (χ2v) is 23.0. The van der Waals surface area contributed by atoms with Gasteiger partial charge in [-0.3, -0.25) is 14.6 Å². The molecule has 0 radical (unpaired) electrons. The van der Waals surface area contributed by atoms with Gasteiger partial charge in [0, 0.05) is 54.7 Å². The van der Waals surface area contributed by atoms with Crippen LogP contribution in [0.1, 0.15) is 108 Å². The number of pyridine rings is 1. The molecule has 7 rings (SSSR count). The Labute approximate surface area is 484 Å². The van der Waals surface area contributed by atoms with Gasteiger partial charge < -0.3 is 50.2 Å². The Kier molecular flexibility index (Phi) is 23.3. The third-order valence-corrected chi connectivity index (χ3v) is 15.8. The van der Waals surface area contributed by atoms with Crippen LogP contribution in [0.25, 0.3) is 10.9 Å². The van der Waals surface area contributed by atoms with Crippen LogP contribution in [-0.4, -0.2) is 104 Å². The number of ether oxygens (including phenoxy) is 2. The van der Waals surface area contributed by atoms with Gasteiger partial charge in [-0.2, -0.15) is 0 Å². The predicted octanol–water partition coefficient (Wildman–Crippen LogP) is 10.2. The zero-order valence-corrected chi connectivity index (χ0v) is 49.0. The van der Waals surface area contributed by atoms with Gasteiger partial charge in [0.1, 0.15) is 29.8 Å². The summed E-state index contributed by atoms with van der Waals surface area (Å²) in [5.74, 6) is -1.84. The maximum atomic E-state index is 14.4. The number of hydrogen-bond donors (Lipinski definition) is 6. The first-order valence-corrected chi connectivity index (χ1v) is 28.7. The highest BCUT2D eigenvalue weighted by Gasteiger charge is 2.31.